The lowest BCUT2D eigenvalue weighted by Gasteiger charge is -2.38. The van der Waals surface area contributed by atoms with Crippen LogP contribution in [0.5, 0.6) is 17.2 Å². The molecule has 0 amide bonds. The molecule has 0 saturated heterocycles. The van der Waals surface area contributed by atoms with Gasteiger partial charge < -0.3 is 9.47 Å². The van der Waals surface area contributed by atoms with Gasteiger partial charge >= 0.3 is 0 Å². The SMILES string of the molecule is COc1ccc2c(c1)C(C1C(=O)CC(C)(C)CC1=O)c1ccccc1O2. The molecule has 1 heterocycles. The van der Waals surface area contributed by atoms with E-state index in [4.69, 9.17) is 9.47 Å². The van der Waals surface area contributed by atoms with E-state index in [1.54, 1.807) is 7.11 Å². The summed E-state index contributed by atoms with van der Waals surface area (Å²) in [4.78, 5) is 26.0. The minimum atomic E-state index is -0.668. The molecule has 0 N–H and O–H groups in total. The Bertz CT molecular complexity index is 877. The first-order valence-electron chi connectivity index (χ1n) is 8.90. The molecule has 1 aliphatic heterocycles. The molecule has 134 valence electrons. The van der Waals surface area contributed by atoms with E-state index in [2.05, 4.69) is 0 Å². The molecule has 0 aromatic heterocycles. The maximum Gasteiger partial charge on any atom is 0.144 e. The number of ether oxygens (including phenoxy) is 2. The van der Waals surface area contributed by atoms with Crippen LogP contribution in [0.4, 0.5) is 0 Å². The van der Waals surface area contributed by atoms with Gasteiger partial charge in [0.25, 0.3) is 0 Å². The number of hydrogen-bond acceptors (Lipinski definition) is 4. The maximum atomic E-state index is 13.0. The monoisotopic (exact) mass is 350 g/mol. The van der Waals surface area contributed by atoms with Crippen LogP contribution in [0.2, 0.25) is 0 Å². The van der Waals surface area contributed by atoms with Gasteiger partial charge in [0.1, 0.15) is 28.8 Å². The van der Waals surface area contributed by atoms with Crippen LogP contribution in [0.25, 0.3) is 0 Å². The smallest absolute Gasteiger partial charge is 0.144 e. The number of methoxy groups -OCH3 is 1. The molecule has 2 aliphatic rings. The van der Waals surface area contributed by atoms with Crippen molar-refractivity contribution in [3.63, 3.8) is 0 Å². The summed E-state index contributed by atoms with van der Waals surface area (Å²) in [5.74, 6) is 1.11. The second-order valence-corrected chi connectivity index (χ2v) is 7.95. The summed E-state index contributed by atoms with van der Waals surface area (Å²) in [6, 6.07) is 13.2. The van der Waals surface area contributed by atoms with Crippen molar-refractivity contribution in [2.75, 3.05) is 7.11 Å². The van der Waals surface area contributed by atoms with Crippen LogP contribution in [0.15, 0.2) is 42.5 Å². The Hall–Kier alpha value is -2.62. The number of para-hydroxylation sites is 1. The van der Waals surface area contributed by atoms with Crippen LogP contribution in [0, 0.1) is 11.3 Å². The normalized spacial score (nSPS) is 21.6. The molecule has 1 fully saturated rings. The first-order chi connectivity index (χ1) is 12.4. The van der Waals surface area contributed by atoms with Gasteiger partial charge in [-0.2, -0.15) is 0 Å². The Balaban J connectivity index is 1.88. The van der Waals surface area contributed by atoms with Crippen molar-refractivity contribution in [3.8, 4) is 17.2 Å². The predicted molar refractivity (Wildman–Crippen MR) is 97.9 cm³/mol. The Labute approximate surface area is 153 Å². The van der Waals surface area contributed by atoms with Gasteiger partial charge in [-0.25, -0.2) is 0 Å². The van der Waals surface area contributed by atoms with E-state index >= 15 is 0 Å². The molecule has 0 bridgehead atoms. The van der Waals surface area contributed by atoms with Crippen LogP contribution in [0.3, 0.4) is 0 Å². The maximum absolute atomic E-state index is 13.0. The van der Waals surface area contributed by atoms with Crippen molar-refractivity contribution >= 4 is 11.6 Å². The molecule has 2 aromatic carbocycles. The third kappa shape index (κ3) is 2.70. The van der Waals surface area contributed by atoms with Crippen LogP contribution >= 0.6 is 0 Å². The molecule has 0 spiro atoms. The number of carbonyl (C=O) groups is 2. The highest BCUT2D eigenvalue weighted by Crippen LogP contribution is 2.51. The average Bonchev–Trinajstić information content (AvgIpc) is 2.59. The molecule has 1 atom stereocenters. The quantitative estimate of drug-likeness (QED) is 0.748. The molecule has 4 nitrogen and oxygen atoms in total. The molecule has 4 heteroatoms. The highest BCUT2D eigenvalue weighted by atomic mass is 16.5. The second kappa shape index (κ2) is 5.97. The molecule has 4 rings (SSSR count). The van der Waals surface area contributed by atoms with Crippen molar-refractivity contribution in [3.05, 3.63) is 53.6 Å². The lowest BCUT2D eigenvalue weighted by Crippen LogP contribution is -2.41. The fraction of sp³-hybridized carbons (Fsp3) is 0.364. The Morgan fingerprint density at radius 1 is 0.923 bits per heavy atom. The van der Waals surface area contributed by atoms with E-state index < -0.39 is 5.92 Å². The minimum absolute atomic E-state index is 0.0155. The molecule has 1 unspecified atom stereocenters. The van der Waals surface area contributed by atoms with E-state index in [0.29, 0.717) is 30.1 Å². The summed E-state index contributed by atoms with van der Waals surface area (Å²) in [5, 5.41) is 0. The summed E-state index contributed by atoms with van der Waals surface area (Å²) in [7, 11) is 1.60. The topological polar surface area (TPSA) is 52.6 Å². The molecule has 1 aliphatic carbocycles. The summed E-state index contributed by atoms with van der Waals surface area (Å²) >= 11 is 0. The standard InChI is InChI=1S/C22H22O4/c1-22(2)11-16(23)21(17(24)12-22)20-14-6-4-5-7-18(14)26-19-9-8-13(25-3)10-15(19)20/h4-10,20-21H,11-12H2,1-3H3. The third-order valence-electron chi connectivity index (χ3n) is 5.36. The number of ketones is 2. The van der Waals surface area contributed by atoms with Gasteiger partial charge in [-0.3, -0.25) is 9.59 Å². The molecular formula is C22H22O4. The van der Waals surface area contributed by atoms with Crippen LogP contribution in [0.1, 0.15) is 43.7 Å². The van der Waals surface area contributed by atoms with Gasteiger partial charge in [0.05, 0.1) is 13.0 Å². The van der Waals surface area contributed by atoms with Gasteiger partial charge in [-0.1, -0.05) is 32.0 Å². The Morgan fingerprint density at radius 2 is 1.58 bits per heavy atom. The van der Waals surface area contributed by atoms with E-state index in [1.165, 1.54) is 0 Å². The average molecular weight is 350 g/mol. The molecule has 2 aromatic rings. The zero-order valence-corrected chi connectivity index (χ0v) is 15.2. The summed E-state index contributed by atoms with van der Waals surface area (Å²) in [6.07, 6.45) is 0.838. The Morgan fingerprint density at radius 3 is 2.27 bits per heavy atom. The fourth-order valence-corrected chi connectivity index (χ4v) is 4.24. The van der Waals surface area contributed by atoms with E-state index in [1.807, 2.05) is 56.3 Å². The van der Waals surface area contributed by atoms with Crippen LogP contribution in [-0.4, -0.2) is 18.7 Å². The van der Waals surface area contributed by atoms with Gasteiger partial charge in [0, 0.05) is 29.9 Å². The van der Waals surface area contributed by atoms with E-state index in [9.17, 15) is 9.59 Å². The number of benzene rings is 2. The Kier molecular flexibility index (Phi) is 3.87. The van der Waals surface area contributed by atoms with Crippen molar-refractivity contribution < 1.29 is 19.1 Å². The fourth-order valence-electron chi connectivity index (χ4n) is 4.24. The number of fused-ring (bicyclic) bond motifs is 2. The van der Waals surface area contributed by atoms with Crippen LogP contribution < -0.4 is 9.47 Å². The largest absolute Gasteiger partial charge is 0.497 e. The first kappa shape index (κ1) is 16.8. The van der Waals surface area contributed by atoms with Crippen molar-refractivity contribution in [1.29, 1.82) is 0 Å². The number of Topliss-reactive ketones (excluding diaryl/α,β-unsaturated/α-hetero) is 2. The zero-order valence-electron chi connectivity index (χ0n) is 15.2. The molecule has 1 saturated carbocycles. The lowest BCUT2D eigenvalue weighted by atomic mass is 9.65. The summed E-state index contributed by atoms with van der Waals surface area (Å²) < 4.78 is 11.4. The molecular weight excluding hydrogens is 328 g/mol. The second-order valence-electron chi connectivity index (χ2n) is 7.95. The molecule has 26 heavy (non-hydrogen) atoms. The summed E-state index contributed by atoms with van der Waals surface area (Å²) in [5.41, 5.74) is 1.46. The van der Waals surface area contributed by atoms with Crippen LogP contribution in [-0.2, 0) is 9.59 Å². The predicted octanol–water partition coefficient (Wildman–Crippen LogP) is 4.51. The number of rotatable bonds is 2. The minimum Gasteiger partial charge on any atom is -0.497 e. The number of carbonyl (C=O) groups excluding carboxylic acids is 2. The summed E-state index contributed by atoms with van der Waals surface area (Å²) in [6.45, 7) is 3.96. The lowest BCUT2D eigenvalue weighted by molar-refractivity contribution is -0.140. The van der Waals surface area contributed by atoms with E-state index in [0.717, 1.165) is 11.1 Å². The van der Waals surface area contributed by atoms with Gasteiger partial charge in [-0.05, 0) is 29.7 Å². The highest BCUT2D eigenvalue weighted by molar-refractivity contribution is 6.06. The van der Waals surface area contributed by atoms with Gasteiger partial charge in [-0.15, -0.1) is 0 Å². The van der Waals surface area contributed by atoms with Crippen molar-refractivity contribution in [2.24, 2.45) is 11.3 Å². The van der Waals surface area contributed by atoms with Gasteiger partial charge in [0.15, 0.2) is 0 Å². The van der Waals surface area contributed by atoms with Crippen molar-refractivity contribution in [1.82, 2.24) is 0 Å². The number of hydrogen-bond donors (Lipinski definition) is 0. The van der Waals surface area contributed by atoms with E-state index in [-0.39, 0.29) is 22.9 Å². The third-order valence-corrected chi connectivity index (χ3v) is 5.36. The molecule has 0 radical (unpaired) electrons. The van der Waals surface area contributed by atoms with Gasteiger partial charge in [0.2, 0.25) is 0 Å². The van der Waals surface area contributed by atoms with Crippen molar-refractivity contribution in [2.45, 2.75) is 32.6 Å². The highest BCUT2D eigenvalue weighted by Gasteiger charge is 2.46. The first-order valence-corrected chi connectivity index (χ1v) is 8.90. The zero-order chi connectivity index (χ0) is 18.5.